The van der Waals surface area contributed by atoms with Crippen LogP contribution in [0, 0.1) is 0 Å². The molecule has 3 aromatic rings. The van der Waals surface area contributed by atoms with Crippen LogP contribution in [-0.4, -0.2) is 40.9 Å². The van der Waals surface area contributed by atoms with Crippen molar-refractivity contribution in [1.82, 2.24) is 4.90 Å². The van der Waals surface area contributed by atoms with E-state index in [1.165, 1.54) is 33.4 Å². The summed E-state index contributed by atoms with van der Waals surface area (Å²) in [4.78, 5) is 15.0. The van der Waals surface area contributed by atoms with E-state index in [1.54, 1.807) is 4.90 Å². The third kappa shape index (κ3) is 3.05. The van der Waals surface area contributed by atoms with E-state index in [4.69, 9.17) is 4.74 Å². The van der Waals surface area contributed by atoms with Gasteiger partial charge in [-0.25, -0.2) is 4.79 Å². The van der Waals surface area contributed by atoms with Crippen LogP contribution in [0.2, 0.25) is 0 Å². The molecule has 0 radical (unpaired) electrons. The Balaban J connectivity index is 1.20. The van der Waals surface area contributed by atoms with E-state index in [9.17, 15) is 9.90 Å². The molecule has 0 saturated carbocycles. The highest BCUT2D eigenvalue weighted by Crippen LogP contribution is 2.45. The molecule has 3 aliphatic rings. The van der Waals surface area contributed by atoms with E-state index in [0.717, 1.165) is 12.8 Å². The van der Waals surface area contributed by atoms with E-state index < -0.39 is 5.60 Å². The number of hydrogen-bond acceptors (Lipinski definition) is 3. The van der Waals surface area contributed by atoms with Gasteiger partial charge in [0.15, 0.2) is 0 Å². The van der Waals surface area contributed by atoms with E-state index in [0.29, 0.717) is 26.0 Å². The molecular weight excluding hydrogens is 398 g/mol. The first-order valence-corrected chi connectivity index (χ1v) is 11.5. The fourth-order valence-electron chi connectivity index (χ4n) is 6.08. The number of ether oxygens (including phenoxy) is 1. The lowest BCUT2D eigenvalue weighted by molar-refractivity contribution is -0.0247. The number of rotatable bonds is 3. The monoisotopic (exact) mass is 425 g/mol. The van der Waals surface area contributed by atoms with Gasteiger partial charge in [0, 0.05) is 25.3 Å². The second-order valence-corrected chi connectivity index (χ2v) is 9.38. The first-order valence-electron chi connectivity index (χ1n) is 11.5. The molecule has 6 rings (SSSR count). The first-order chi connectivity index (χ1) is 15.6. The minimum Gasteiger partial charge on any atom is -0.448 e. The Hall–Kier alpha value is -3.11. The van der Waals surface area contributed by atoms with Crippen molar-refractivity contribution >= 4 is 6.09 Å². The first kappa shape index (κ1) is 19.6. The van der Waals surface area contributed by atoms with E-state index in [1.807, 2.05) is 24.3 Å². The summed E-state index contributed by atoms with van der Waals surface area (Å²) >= 11 is 0. The predicted molar refractivity (Wildman–Crippen MR) is 124 cm³/mol. The number of nitrogens with zero attached hydrogens (tertiary/aromatic N) is 1. The van der Waals surface area contributed by atoms with Gasteiger partial charge in [0.25, 0.3) is 0 Å². The van der Waals surface area contributed by atoms with Crippen molar-refractivity contribution < 1.29 is 14.6 Å². The Morgan fingerprint density at radius 2 is 1.47 bits per heavy atom. The largest absolute Gasteiger partial charge is 0.448 e. The highest BCUT2D eigenvalue weighted by molar-refractivity contribution is 5.79. The Bertz CT molecular complexity index is 1120. The van der Waals surface area contributed by atoms with Crippen LogP contribution in [0.3, 0.4) is 0 Å². The van der Waals surface area contributed by atoms with Crippen LogP contribution < -0.4 is 0 Å². The van der Waals surface area contributed by atoms with Crippen LogP contribution in [0.15, 0.2) is 72.8 Å². The molecule has 0 bridgehead atoms. The fourth-order valence-corrected chi connectivity index (χ4v) is 6.08. The molecule has 162 valence electrons. The summed E-state index contributed by atoms with van der Waals surface area (Å²) in [5, 5.41) is 11.5. The number of carbonyl (C=O) groups excluding carboxylic acids is 1. The molecule has 1 fully saturated rings. The maximum atomic E-state index is 13.2. The molecular formula is C28H27NO3. The summed E-state index contributed by atoms with van der Waals surface area (Å²) in [6.45, 7) is 0.953. The lowest BCUT2D eigenvalue weighted by atomic mass is 9.89. The zero-order valence-corrected chi connectivity index (χ0v) is 18.0. The molecule has 0 aromatic heterocycles. The van der Waals surface area contributed by atoms with E-state index in [2.05, 4.69) is 48.5 Å². The van der Waals surface area contributed by atoms with Crippen molar-refractivity contribution in [2.75, 3.05) is 13.2 Å². The van der Waals surface area contributed by atoms with Gasteiger partial charge in [0.2, 0.25) is 0 Å². The maximum absolute atomic E-state index is 13.2. The van der Waals surface area contributed by atoms with E-state index in [-0.39, 0.29) is 18.1 Å². The van der Waals surface area contributed by atoms with Gasteiger partial charge in [-0.2, -0.15) is 0 Å². The number of fused-ring (bicyclic) bond motifs is 4. The topological polar surface area (TPSA) is 49.8 Å². The Morgan fingerprint density at radius 3 is 2.09 bits per heavy atom. The normalized spacial score (nSPS) is 20.7. The van der Waals surface area contributed by atoms with Gasteiger partial charge in [-0.3, -0.25) is 0 Å². The number of aliphatic hydroxyl groups is 1. The SMILES string of the molecule is O=C(OCC1c2ccccc2-c2ccccc21)N1CCC[C@@H]1C1(O)Cc2ccccc2C1. The second-order valence-electron chi connectivity index (χ2n) is 9.38. The van der Waals surface area contributed by atoms with Crippen molar-refractivity contribution in [3.8, 4) is 11.1 Å². The molecule has 3 aromatic carbocycles. The van der Waals surface area contributed by atoms with E-state index >= 15 is 0 Å². The molecule has 32 heavy (non-hydrogen) atoms. The molecule has 0 unspecified atom stereocenters. The molecule has 1 heterocycles. The summed E-state index contributed by atoms with van der Waals surface area (Å²) in [6.07, 6.45) is 2.60. The van der Waals surface area contributed by atoms with Gasteiger partial charge < -0.3 is 14.7 Å². The summed E-state index contributed by atoms with van der Waals surface area (Å²) in [6, 6.07) is 24.7. The van der Waals surface area contributed by atoms with Gasteiger partial charge in [0.05, 0.1) is 11.6 Å². The van der Waals surface area contributed by atoms with Gasteiger partial charge in [-0.15, -0.1) is 0 Å². The number of likely N-dealkylation sites (tertiary alicyclic amines) is 1. The van der Waals surface area contributed by atoms with Gasteiger partial charge in [0.1, 0.15) is 6.61 Å². The third-order valence-electron chi connectivity index (χ3n) is 7.56. The van der Waals surface area contributed by atoms with Gasteiger partial charge >= 0.3 is 6.09 Å². The van der Waals surface area contributed by atoms with Gasteiger partial charge in [-0.05, 0) is 46.2 Å². The number of carbonyl (C=O) groups is 1. The summed E-state index contributed by atoms with van der Waals surface area (Å²) in [5.41, 5.74) is 6.34. The van der Waals surface area contributed by atoms with Crippen LogP contribution in [0.5, 0.6) is 0 Å². The molecule has 4 nitrogen and oxygen atoms in total. The fraction of sp³-hybridized carbons (Fsp3) is 0.321. The molecule has 0 spiro atoms. The molecule has 1 aliphatic heterocycles. The molecule has 1 N–H and O–H groups in total. The van der Waals surface area contributed by atoms with Crippen LogP contribution >= 0.6 is 0 Å². The minimum atomic E-state index is -0.911. The second kappa shape index (κ2) is 7.49. The quantitative estimate of drug-likeness (QED) is 0.647. The molecule has 1 amide bonds. The smallest absolute Gasteiger partial charge is 0.410 e. The van der Waals surface area contributed by atoms with Crippen LogP contribution in [0.1, 0.15) is 41.0 Å². The van der Waals surface area contributed by atoms with Crippen molar-refractivity contribution in [2.45, 2.75) is 43.2 Å². The van der Waals surface area contributed by atoms with Crippen molar-refractivity contribution in [1.29, 1.82) is 0 Å². The van der Waals surface area contributed by atoms with Crippen molar-refractivity contribution in [2.24, 2.45) is 0 Å². The Kier molecular flexibility index (Phi) is 4.58. The molecule has 1 atom stereocenters. The number of hydrogen-bond donors (Lipinski definition) is 1. The lowest BCUT2D eigenvalue weighted by Crippen LogP contribution is -2.52. The third-order valence-corrected chi connectivity index (χ3v) is 7.56. The average Bonchev–Trinajstić information content (AvgIpc) is 3.52. The molecule has 1 saturated heterocycles. The summed E-state index contributed by atoms with van der Waals surface area (Å²) < 4.78 is 5.91. The minimum absolute atomic E-state index is 0.0474. The van der Waals surface area contributed by atoms with Crippen molar-refractivity contribution in [3.63, 3.8) is 0 Å². The van der Waals surface area contributed by atoms with Gasteiger partial charge in [-0.1, -0.05) is 72.8 Å². The standard InChI is InChI=1S/C28H27NO3/c30-27(29-15-7-14-26(29)28(31)16-19-8-1-2-9-20(19)17-28)32-18-25-23-12-5-3-10-21(23)22-11-4-6-13-24(22)25/h1-6,8-13,25-26,31H,7,14-18H2/t26-/m1/s1. The zero-order chi connectivity index (χ0) is 21.7. The highest BCUT2D eigenvalue weighted by atomic mass is 16.6. The lowest BCUT2D eigenvalue weighted by Gasteiger charge is -2.36. The van der Waals surface area contributed by atoms with Crippen LogP contribution in [0.4, 0.5) is 4.79 Å². The van der Waals surface area contributed by atoms with Crippen LogP contribution in [0.25, 0.3) is 11.1 Å². The predicted octanol–water partition coefficient (Wildman–Crippen LogP) is 4.93. The Morgan fingerprint density at radius 1 is 0.906 bits per heavy atom. The summed E-state index contributed by atoms with van der Waals surface area (Å²) in [7, 11) is 0. The maximum Gasteiger partial charge on any atom is 0.410 e. The highest BCUT2D eigenvalue weighted by Gasteiger charge is 2.48. The molecule has 2 aliphatic carbocycles. The van der Waals surface area contributed by atoms with Crippen molar-refractivity contribution in [3.05, 3.63) is 95.1 Å². The zero-order valence-electron chi connectivity index (χ0n) is 18.0. The number of amides is 1. The van der Waals surface area contributed by atoms with Crippen LogP contribution in [-0.2, 0) is 17.6 Å². The molecule has 4 heteroatoms. The average molecular weight is 426 g/mol. The Labute approximate surface area is 188 Å². The number of benzene rings is 3. The summed E-state index contributed by atoms with van der Waals surface area (Å²) in [5.74, 6) is 0.0474.